The maximum Gasteiger partial charge on any atom is 0.0451 e. The molecular formula is C22H46Si2. The predicted molar refractivity (Wildman–Crippen MR) is 116 cm³/mol. The molecule has 142 valence electrons. The van der Waals surface area contributed by atoms with Crippen molar-refractivity contribution < 1.29 is 0 Å². The van der Waals surface area contributed by atoms with Gasteiger partial charge < -0.3 is 0 Å². The van der Waals surface area contributed by atoms with E-state index >= 15 is 0 Å². The Balaban J connectivity index is 2.40. The molecule has 2 heteroatoms. The van der Waals surface area contributed by atoms with Gasteiger partial charge in [0.15, 0.2) is 0 Å². The third kappa shape index (κ3) is 2.73. The second kappa shape index (κ2) is 6.55. The second-order valence-corrected chi connectivity index (χ2v) is 27.3. The van der Waals surface area contributed by atoms with Gasteiger partial charge in [-0.05, 0) is 58.4 Å². The third-order valence-electron chi connectivity index (χ3n) is 10.6. The van der Waals surface area contributed by atoms with Crippen molar-refractivity contribution >= 4 is 15.2 Å². The van der Waals surface area contributed by atoms with Crippen molar-refractivity contribution in [2.45, 2.75) is 92.7 Å². The molecule has 0 radical (unpaired) electrons. The Hall–Kier alpha value is 0.434. The molecule has 8 atom stereocenters. The van der Waals surface area contributed by atoms with Gasteiger partial charge in [-0.1, -0.05) is 81.6 Å². The van der Waals surface area contributed by atoms with Crippen LogP contribution in [0.5, 0.6) is 0 Å². The number of hydrogen-bond acceptors (Lipinski definition) is 0. The highest BCUT2D eigenvalue weighted by atomic mass is 29.3. The van der Waals surface area contributed by atoms with Crippen LogP contribution < -0.4 is 0 Å². The molecule has 0 nitrogen and oxygen atoms in total. The lowest BCUT2D eigenvalue weighted by Crippen LogP contribution is -2.63. The smallest absolute Gasteiger partial charge is 0.0451 e. The Labute approximate surface area is 155 Å². The summed E-state index contributed by atoms with van der Waals surface area (Å²) in [6.45, 7) is 31.8. The summed E-state index contributed by atoms with van der Waals surface area (Å²) in [4.78, 5) is 0. The van der Waals surface area contributed by atoms with Crippen LogP contribution in [0, 0.1) is 47.3 Å². The SMILES string of the molecule is CC1C(C)C(C)C([Si](C)(C)[Si](C)(C)C2C(C)C(C)C(C)C2C)C1C. The van der Waals surface area contributed by atoms with Crippen molar-refractivity contribution in [3.8, 4) is 0 Å². The molecule has 2 aliphatic rings. The Morgan fingerprint density at radius 1 is 0.333 bits per heavy atom. The fourth-order valence-electron chi connectivity index (χ4n) is 7.67. The molecule has 2 aliphatic carbocycles. The van der Waals surface area contributed by atoms with Crippen molar-refractivity contribution in [2.24, 2.45) is 47.3 Å². The molecule has 0 N–H and O–H groups in total. The highest BCUT2D eigenvalue weighted by Crippen LogP contribution is 2.61. The fourth-order valence-corrected chi connectivity index (χ4v) is 24.2. The lowest BCUT2D eigenvalue weighted by atomic mass is 9.92. The van der Waals surface area contributed by atoms with Crippen LogP contribution in [0.4, 0.5) is 0 Å². The molecule has 0 aromatic rings. The van der Waals surface area contributed by atoms with Crippen molar-refractivity contribution in [1.82, 2.24) is 0 Å². The average Bonchev–Trinajstić information content (AvgIpc) is 2.80. The highest BCUT2D eigenvalue weighted by molar-refractivity contribution is 7.41. The summed E-state index contributed by atoms with van der Waals surface area (Å²) in [6.07, 6.45) is 0. The second-order valence-electron chi connectivity index (χ2n) is 11.4. The quantitative estimate of drug-likeness (QED) is 0.458. The van der Waals surface area contributed by atoms with Crippen molar-refractivity contribution in [2.75, 3.05) is 0 Å². The van der Waals surface area contributed by atoms with E-state index < -0.39 is 15.2 Å². The number of hydrogen-bond donors (Lipinski definition) is 0. The lowest BCUT2D eigenvalue weighted by molar-refractivity contribution is 0.352. The molecular weight excluding hydrogens is 320 g/mol. The van der Waals surface area contributed by atoms with E-state index in [2.05, 4.69) is 81.6 Å². The third-order valence-corrected chi connectivity index (χ3v) is 31.3. The van der Waals surface area contributed by atoms with E-state index in [1.54, 1.807) is 0 Å². The van der Waals surface area contributed by atoms with Gasteiger partial charge in [0.2, 0.25) is 0 Å². The van der Waals surface area contributed by atoms with Gasteiger partial charge in [0.1, 0.15) is 0 Å². The molecule has 0 heterocycles. The first-order chi connectivity index (χ1) is 10.8. The van der Waals surface area contributed by atoms with Gasteiger partial charge in [0.05, 0.1) is 0 Å². The largest absolute Gasteiger partial charge is 0.0710 e. The first-order valence-corrected chi connectivity index (χ1v) is 17.9. The van der Waals surface area contributed by atoms with Crippen LogP contribution in [-0.2, 0) is 0 Å². The average molecular weight is 367 g/mol. The minimum absolute atomic E-state index is 0.915. The van der Waals surface area contributed by atoms with Crippen LogP contribution in [0.2, 0.25) is 37.3 Å². The Morgan fingerprint density at radius 3 is 0.667 bits per heavy atom. The Kier molecular flexibility index (Phi) is 5.66. The maximum absolute atomic E-state index is 2.81. The van der Waals surface area contributed by atoms with Gasteiger partial charge in [-0.2, -0.15) is 0 Å². The Bertz CT molecular complexity index is 385. The van der Waals surface area contributed by atoms with Crippen molar-refractivity contribution in [1.29, 1.82) is 0 Å². The molecule has 0 saturated heterocycles. The van der Waals surface area contributed by atoms with E-state index in [1.807, 2.05) is 0 Å². The standard InChI is InChI=1S/C22H46Si2/c1-13-14(2)18(6)21(17(13)5)23(9,10)24(11,12)22-19(7)15(3)16(4)20(22)8/h13-22H,1-12H3. The van der Waals surface area contributed by atoms with Crippen LogP contribution in [0.15, 0.2) is 0 Å². The summed E-state index contributed by atoms with van der Waals surface area (Å²) in [7, 11) is -2.55. The van der Waals surface area contributed by atoms with Crippen LogP contribution >= 0.6 is 0 Å². The van der Waals surface area contributed by atoms with Gasteiger partial charge in [0, 0.05) is 15.2 Å². The van der Waals surface area contributed by atoms with Crippen LogP contribution in [-0.4, -0.2) is 15.2 Å². The van der Waals surface area contributed by atoms with Gasteiger partial charge in [-0.15, -0.1) is 0 Å². The van der Waals surface area contributed by atoms with E-state index in [0.29, 0.717) is 0 Å². The van der Waals surface area contributed by atoms with Crippen molar-refractivity contribution in [3.05, 3.63) is 0 Å². The summed E-state index contributed by atoms with van der Waals surface area (Å²) in [5.41, 5.74) is 2.07. The van der Waals surface area contributed by atoms with Crippen LogP contribution in [0.25, 0.3) is 0 Å². The van der Waals surface area contributed by atoms with Gasteiger partial charge in [0.25, 0.3) is 0 Å². The molecule has 0 bridgehead atoms. The van der Waals surface area contributed by atoms with Gasteiger partial charge >= 0.3 is 0 Å². The summed E-state index contributed by atoms with van der Waals surface area (Å²) in [5.74, 6) is 7.40. The van der Waals surface area contributed by atoms with E-state index in [-0.39, 0.29) is 0 Å². The van der Waals surface area contributed by atoms with Gasteiger partial charge in [-0.3, -0.25) is 0 Å². The predicted octanol–water partition coefficient (Wildman–Crippen LogP) is 7.34. The van der Waals surface area contributed by atoms with Crippen LogP contribution in [0.3, 0.4) is 0 Å². The molecule has 0 aromatic carbocycles. The first-order valence-electron chi connectivity index (χ1n) is 10.8. The highest BCUT2D eigenvalue weighted by Gasteiger charge is 2.61. The zero-order valence-electron chi connectivity index (χ0n) is 18.8. The molecule has 0 spiro atoms. The Morgan fingerprint density at radius 2 is 0.500 bits per heavy atom. The minimum Gasteiger partial charge on any atom is -0.0710 e. The summed E-state index contributed by atoms with van der Waals surface area (Å²) < 4.78 is 0. The van der Waals surface area contributed by atoms with E-state index in [9.17, 15) is 0 Å². The molecule has 2 rings (SSSR count). The monoisotopic (exact) mass is 366 g/mol. The zero-order valence-corrected chi connectivity index (χ0v) is 20.8. The molecule has 0 aromatic heterocycles. The molecule has 8 unspecified atom stereocenters. The summed E-state index contributed by atoms with van der Waals surface area (Å²) in [6, 6.07) is 0. The first kappa shape index (κ1) is 20.7. The van der Waals surface area contributed by atoms with E-state index in [4.69, 9.17) is 0 Å². The van der Waals surface area contributed by atoms with Crippen LogP contribution in [0.1, 0.15) is 55.4 Å². The topological polar surface area (TPSA) is 0 Å². The summed E-state index contributed by atoms with van der Waals surface area (Å²) >= 11 is 0. The maximum atomic E-state index is 2.81. The lowest BCUT2D eigenvalue weighted by Gasteiger charge is -2.52. The molecule has 2 saturated carbocycles. The normalized spacial score (nSPS) is 50.5. The van der Waals surface area contributed by atoms with E-state index in [1.165, 1.54) is 0 Å². The van der Waals surface area contributed by atoms with E-state index in [0.717, 1.165) is 58.4 Å². The molecule has 2 fully saturated rings. The molecule has 24 heavy (non-hydrogen) atoms. The number of rotatable bonds is 3. The van der Waals surface area contributed by atoms with Crippen molar-refractivity contribution in [3.63, 3.8) is 0 Å². The molecule has 0 aliphatic heterocycles. The fraction of sp³-hybridized carbons (Fsp3) is 1.00. The minimum atomic E-state index is -1.28. The molecule has 0 amide bonds. The zero-order chi connectivity index (χ0) is 18.8. The van der Waals surface area contributed by atoms with Gasteiger partial charge in [-0.25, -0.2) is 0 Å². The summed E-state index contributed by atoms with van der Waals surface area (Å²) in [5, 5.41) is 0.